The van der Waals surface area contributed by atoms with Crippen molar-refractivity contribution in [3.05, 3.63) is 39.6 Å². The third-order valence-electron chi connectivity index (χ3n) is 5.06. The van der Waals surface area contributed by atoms with Crippen molar-refractivity contribution in [1.29, 1.82) is 0 Å². The van der Waals surface area contributed by atoms with Crippen molar-refractivity contribution in [3.63, 3.8) is 0 Å². The number of nitro benzene ring substituents is 1. The molecule has 0 atom stereocenters. The SMILES string of the molecule is COCCNS(=O)(=O)c1cc([N+](=O)[O-])ccc1Oc1c(C)c(C(=O)NC2CC2)nn1C(C)(C)C. The van der Waals surface area contributed by atoms with Crippen molar-refractivity contribution < 1.29 is 27.6 Å². The van der Waals surface area contributed by atoms with E-state index < -0.39 is 31.1 Å². The van der Waals surface area contributed by atoms with Gasteiger partial charge in [-0.25, -0.2) is 17.8 Å². The predicted octanol–water partition coefficient (Wildman–Crippen LogP) is 2.46. The van der Waals surface area contributed by atoms with Gasteiger partial charge in [-0.3, -0.25) is 14.9 Å². The zero-order chi connectivity index (χ0) is 25.3. The number of sulfonamides is 1. The fourth-order valence-corrected chi connectivity index (χ4v) is 4.27. The number of nitro groups is 1. The van der Waals surface area contributed by atoms with Crippen LogP contribution < -0.4 is 14.8 Å². The number of carbonyl (C=O) groups excluding carboxylic acids is 1. The molecule has 3 rings (SSSR count). The number of carbonyl (C=O) groups is 1. The Bertz CT molecular complexity index is 1200. The van der Waals surface area contributed by atoms with Crippen LogP contribution >= 0.6 is 0 Å². The summed E-state index contributed by atoms with van der Waals surface area (Å²) in [5.41, 5.74) is -0.442. The number of ether oxygens (including phenoxy) is 2. The molecule has 0 radical (unpaired) electrons. The van der Waals surface area contributed by atoms with E-state index in [0.717, 1.165) is 25.0 Å². The molecule has 1 aromatic carbocycles. The highest BCUT2D eigenvalue weighted by Gasteiger charge is 2.32. The fraction of sp³-hybridized carbons (Fsp3) is 0.524. The summed E-state index contributed by atoms with van der Waals surface area (Å²) in [7, 11) is -2.77. The van der Waals surface area contributed by atoms with Crippen molar-refractivity contribution in [2.45, 2.75) is 57.0 Å². The van der Waals surface area contributed by atoms with Gasteiger partial charge >= 0.3 is 0 Å². The van der Waals surface area contributed by atoms with E-state index in [0.29, 0.717) is 5.56 Å². The van der Waals surface area contributed by atoms with Crippen LogP contribution in [-0.4, -0.2) is 55.3 Å². The molecule has 1 fully saturated rings. The fourth-order valence-electron chi connectivity index (χ4n) is 3.12. The number of hydrogen-bond donors (Lipinski definition) is 2. The molecular formula is C21H29N5O7S. The maximum absolute atomic E-state index is 12.9. The predicted molar refractivity (Wildman–Crippen MR) is 123 cm³/mol. The van der Waals surface area contributed by atoms with Crippen LogP contribution in [0, 0.1) is 17.0 Å². The van der Waals surface area contributed by atoms with E-state index >= 15 is 0 Å². The molecule has 1 aromatic heterocycles. The Morgan fingerprint density at radius 1 is 1.32 bits per heavy atom. The van der Waals surface area contributed by atoms with Gasteiger partial charge in [-0.2, -0.15) is 5.10 Å². The number of hydrogen-bond acceptors (Lipinski definition) is 8. The number of methoxy groups -OCH3 is 1. The molecule has 0 bridgehead atoms. The van der Waals surface area contributed by atoms with Gasteiger partial charge in [0.1, 0.15) is 10.6 Å². The average Bonchev–Trinajstić information content (AvgIpc) is 3.49. The van der Waals surface area contributed by atoms with Gasteiger partial charge in [-0.05, 0) is 46.6 Å². The average molecular weight is 496 g/mol. The second kappa shape index (κ2) is 9.68. The highest BCUT2D eigenvalue weighted by molar-refractivity contribution is 7.89. The van der Waals surface area contributed by atoms with E-state index in [9.17, 15) is 23.3 Å². The van der Waals surface area contributed by atoms with Crippen LogP contribution in [0.1, 0.15) is 49.7 Å². The lowest BCUT2D eigenvalue weighted by atomic mass is 10.1. The first-order chi connectivity index (χ1) is 15.8. The smallest absolute Gasteiger partial charge is 0.272 e. The minimum Gasteiger partial charge on any atom is -0.438 e. The normalized spacial score (nSPS) is 14.1. The van der Waals surface area contributed by atoms with E-state index in [2.05, 4.69) is 15.1 Å². The van der Waals surface area contributed by atoms with Crippen LogP contribution in [-0.2, 0) is 20.3 Å². The Kier molecular flexibility index (Phi) is 7.29. The summed E-state index contributed by atoms with van der Waals surface area (Å²) in [6, 6.07) is 3.42. The van der Waals surface area contributed by atoms with Gasteiger partial charge in [-0.15, -0.1) is 0 Å². The lowest BCUT2D eigenvalue weighted by Crippen LogP contribution is -2.28. The monoisotopic (exact) mass is 495 g/mol. The van der Waals surface area contributed by atoms with E-state index in [1.165, 1.54) is 17.9 Å². The van der Waals surface area contributed by atoms with Crippen LogP contribution in [0.5, 0.6) is 11.6 Å². The first-order valence-electron chi connectivity index (χ1n) is 10.7. The molecule has 0 aliphatic heterocycles. The minimum absolute atomic E-state index is 0.0363. The molecule has 12 nitrogen and oxygen atoms in total. The number of amides is 1. The zero-order valence-electron chi connectivity index (χ0n) is 19.7. The van der Waals surface area contributed by atoms with Crippen molar-refractivity contribution in [1.82, 2.24) is 19.8 Å². The van der Waals surface area contributed by atoms with E-state index in [4.69, 9.17) is 9.47 Å². The minimum atomic E-state index is -4.19. The van der Waals surface area contributed by atoms with Crippen LogP contribution in [0.3, 0.4) is 0 Å². The number of benzene rings is 1. The number of aromatic nitrogens is 2. The molecule has 2 aromatic rings. The summed E-state index contributed by atoms with van der Waals surface area (Å²) in [4.78, 5) is 22.9. The van der Waals surface area contributed by atoms with Gasteiger partial charge in [0, 0.05) is 37.4 Å². The Morgan fingerprint density at radius 3 is 2.56 bits per heavy atom. The maximum atomic E-state index is 12.9. The van der Waals surface area contributed by atoms with Gasteiger partial charge in [0.15, 0.2) is 5.69 Å². The quantitative estimate of drug-likeness (QED) is 0.289. The molecule has 0 saturated heterocycles. The van der Waals surface area contributed by atoms with Crippen molar-refractivity contribution >= 4 is 21.6 Å². The first kappa shape index (κ1) is 25.6. The van der Waals surface area contributed by atoms with Crippen LogP contribution in [0.2, 0.25) is 0 Å². The molecule has 1 amide bonds. The van der Waals surface area contributed by atoms with Crippen LogP contribution in [0.15, 0.2) is 23.1 Å². The van der Waals surface area contributed by atoms with Gasteiger partial charge in [-0.1, -0.05) is 0 Å². The summed E-state index contributed by atoms with van der Waals surface area (Å²) < 4.78 is 40.6. The second-order valence-electron chi connectivity index (χ2n) is 8.99. The molecule has 0 unspecified atom stereocenters. The Labute approximate surface area is 197 Å². The molecular weight excluding hydrogens is 466 g/mol. The third kappa shape index (κ3) is 5.72. The highest BCUT2D eigenvalue weighted by Crippen LogP contribution is 2.36. The van der Waals surface area contributed by atoms with Gasteiger partial charge < -0.3 is 14.8 Å². The molecule has 186 valence electrons. The van der Waals surface area contributed by atoms with Gasteiger partial charge in [0.05, 0.1) is 17.1 Å². The molecule has 34 heavy (non-hydrogen) atoms. The van der Waals surface area contributed by atoms with Crippen LogP contribution in [0.4, 0.5) is 5.69 Å². The molecule has 13 heteroatoms. The standard InChI is InChI=1S/C21H29N5O7S/c1-13-18(19(27)23-14-6-7-14)24-25(21(2,3)4)20(13)33-16-9-8-15(26(28)29)12-17(16)34(30,31)22-10-11-32-5/h8-9,12,14,22H,6-7,10-11H2,1-5H3,(H,23,27). The van der Waals surface area contributed by atoms with Gasteiger partial charge in [0.2, 0.25) is 15.9 Å². The lowest BCUT2D eigenvalue weighted by Gasteiger charge is -2.22. The Balaban J connectivity index is 2.08. The summed E-state index contributed by atoms with van der Waals surface area (Å²) >= 11 is 0. The van der Waals surface area contributed by atoms with E-state index in [-0.39, 0.29) is 42.4 Å². The Morgan fingerprint density at radius 2 is 2.00 bits per heavy atom. The van der Waals surface area contributed by atoms with E-state index in [1.54, 1.807) is 6.92 Å². The molecule has 1 saturated carbocycles. The summed E-state index contributed by atoms with van der Waals surface area (Å²) in [6.07, 6.45) is 1.82. The summed E-state index contributed by atoms with van der Waals surface area (Å²) in [5, 5.41) is 18.6. The number of nitrogens with one attached hydrogen (secondary N) is 2. The topological polar surface area (TPSA) is 155 Å². The van der Waals surface area contributed by atoms with Gasteiger partial charge in [0.25, 0.3) is 11.6 Å². The van der Waals surface area contributed by atoms with Crippen molar-refractivity contribution in [2.75, 3.05) is 20.3 Å². The molecule has 1 aliphatic carbocycles. The first-order valence-corrected chi connectivity index (χ1v) is 12.2. The van der Waals surface area contributed by atoms with Crippen molar-refractivity contribution in [2.24, 2.45) is 0 Å². The number of rotatable bonds is 10. The van der Waals surface area contributed by atoms with E-state index in [1.807, 2.05) is 20.8 Å². The molecule has 2 N–H and O–H groups in total. The summed E-state index contributed by atoms with van der Waals surface area (Å²) in [6.45, 7) is 7.30. The molecule has 1 heterocycles. The zero-order valence-corrected chi connectivity index (χ0v) is 20.6. The number of non-ortho nitro benzene ring substituents is 1. The third-order valence-corrected chi connectivity index (χ3v) is 6.55. The maximum Gasteiger partial charge on any atom is 0.272 e. The largest absolute Gasteiger partial charge is 0.438 e. The van der Waals surface area contributed by atoms with Crippen LogP contribution in [0.25, 0.3) is 0 Å². The second-order valence-corrected chi connectivity index (χ2v) is 10.7. The van der Waals surface area contributed by atoms with Crippen molar-refractivity contribution in [3.8, 4) is 11.6 Å². The molecule has 0 spiro atoms. The Hall–Kier alpha value is -3.03. The molecule has 1 aliphatic rings. The number of nitrogens with zero attached hydrogens (tertiary/aromatic N) is 3. The highest BCUT2D eigenvalue weighted by atomic mass is 32.2. The lowest BCUT2D eigenvalue weighted by molar-refractivity contribution is -0.385. The summed E-state index contributed by atoms with van der Waals surface area (Å²) in [5.74, 6) is -0.320.